The van der Waals surface area contributed by atoms with E-state index in [1.807, 2.05) is 0 Å². The molecule has 6 nitrogen and oxygen atoms in total. The molecule has 1 unspecified atom stereocenters. The number of piperazine rings is 1. The zero-order valence-electron chi connectivity index (χ0n) is 11.7. The number of aromatic nitrogens is 2. The maximum Gasteiger partial charge on any atom is 0.433 e. The smallest absolute Gasteiger partial charge is 0.347 e. The molecule has 116 valence electrons. The zero-order chi connectivity index (χ0) is 15.6. The third kappa shape index (κ3) is 3.41. The summed E-state index contributed by atoms with van der Waals surface area (Å²) < 4.78 is 38.2. The molecule has 1 atom stereocenters. The number of likely N-dealkylation sites (N-methyl/N-ethyl adjacent to an activating group) is 1. The minimum Gasteiger partial charge on any atom is -0.347 e. The molecule has 2 heterocycles. The fourth-order valence-corrected chi connectivity index (χ4v) is 2.11. The van der Waals surface area contributed by atoms with Gasteiger partial charge in [0.15, 0.2) is 0 Å². The molecule has 9 heteroatoms. The van der Waals surface area contributed by atoms with Gasteiger partial charge in [-0.3, -0.25) is 4.79 Å². The number of hydrogen-bond donors (Lipinski definition) is 1. The summed E-state index contributed by atoms with van der Waals surface area (Å²) in [4.78, 5) is 22.5. The van der Waals surface area contributed by atoms with Gasteiger partial charge in [0.05, 0.1) is 0 Å². The predicted octanol–water partition coefficient (Wildman–Crippen LogP) is 0.362. The largest absolute Gasteiger partial charge is 0.433 e. The Kier molecular flexibility index (Phi) is 4.31. The number of nitrogens with zero attached hydrogens (tertiary/aromatic N) is 4. The third-order valence-corrected chi connectivity index (χ3v) is 3.16. The molecule has 1 aliphatic rings. The molecule has 0 aliphatic carbocycles. The molecule has 0 saturated carbocycles. The summed E-state index contributed by atoms with van der Waals surface area (Å²) in [6.07, 6.45) is -3.48. The molecule has 1 aliphatic heterocycles. The quantitative estimate of drug-likeness (QED) is 0.855. The molecule has 0 radical (unpaired) electrons. The fraction of sp³-hybridized carbons (Fsp3) is 0.583. The molecule has 0 aromatic carbocycles. The van der Waals surface area contributed by atoms with Gasteiger partial charge in [0.25, 0.3) is 0 Å². The van der Waals surface area contributed by atoms with Gasteiger partial charge in [0, 0.05) is 39.9 Å². The number of nitrogens with one attached hydrogen (secondary N) is 1. The lowest BCUT2D eigenvalue weighted by atomic mass is 10.2. The Morgan fingerprint density at radius 2 is 2.19 bits per heavy atom. The van der Waals surface area contributed by atoms with Crippen molar-refractivity contribution in [2.75, 3.05) is 38.6 Å². The summed E-state index contributed by atoms with van der Waals surface area (Å²) >= 11 is 0. The van der Waals surface area contributed by atoms with E-state index in [2.05, 4.69) is 15.3 Å². The second kappa shape index (κ2) is 5.84. The lowest BCUT2D eigenvalue weighted by molar-refractivity contribution is -0.141. The number of halogens is 3. The number of carbonyl (C=O) groups is 1. The lowest BCUT2D eigenvalue weighted by Crippen LogP contribution is -2.58. The fourth-order valence-electron chi connectivity index (χ4n) is 2.11. The van der Waals surface area contributed by atoms with Gasteiger partial charge in [-0.2, -0.15) is 13.2 Å². The van der Waals surface area contributed by atoms with Gasteiger partial charge in [-0.05, 0) is 6.07 Å². The van der Waals surface area contributed by atoms with Crippen molar-refractivity contribution in [2.45, 2.75) is 12.2 Å². The van der Waals surface area contributed by atoms with E-state index in [4.69, 9.17) is 0 Å². The molecule has 1 N–H and O–H groups in total. The highest BCUT2D eigenvalue weighted by molar-refractivity contribution is 5.85. The SMILES string of the molecule is CN(C)C(=O)C1CNCCN1c1nccc(C(F)(F)F)n1. The molecular weight excluding hydrogens is 287 g/mol. The Balaban J connectivity index is 2.31. The zero-order valence-corrected chi connectivity index (χ0v) is 11.7. The molecule has 1 saturated heterocycles. The topological polar surface area (TPSA) is 61.4 Å². The van der Waals surface area contributed by atoms with E-state index in [0.29, 0.717) is 19.6 Å². The average Bonchev–Trinajstić information content (AvgIpc) is 2.45. The van der Waals surface area contributed by atoms with Crippen molar-refractivity contribution in [3.05, 3.63) is 18.0 Å². The summed E-state index contributed by atoms with van der Waals surface area (Å²) in [5.41, 5.74) is -1.01. The van der Waals surface area contributed by atoms with E-state index in [9.17, 15) is 18.0 Å². The van der Waals surface area contributed by atoms with Crippen LogP contribution in [0.5, 0.6) is 0 Å². The van der Waals surface area contributed by atoms with Gasteiger partial charge < -0.3 is 15.1 Å². The molecule has 0 spiro atoms. The van der Waals surface area contributed by atoms with E-state index in [-0.39, 0.29) is 11.9 Å². The molecule has 1 amide bonds. The van der Waals surface area contributed by atoms with E-state index in [1.165, 1.54) is 9.80 Å². The molecule has 0 bridgehead atoms. The van der Waals surface area contributed by atoms with Crippen LogP contribution in [0.3, 0.4) is 0 Å². The lowest BCUT2D eigenvalue weighted by Gasteiger charge is -2.36. The van der Waals surface area contributed by atoms with Crippen LogP contribution in [0.1, 0.15) is 5.69 Å². The van der Waals surface area contributed by atoms with E-state index < -0.39 is 17.9 Å². The van der Waals surface area contributed by atoms with Crippen LogP contribution in [-0.2, 0) is 11.0 Å². The second-order valence-corrected chi connectivity index (χ2v) is 4.89. The molecular formula is C12H16F3N5O. The first-order valence-corrected chi connectivity index (χ1v) is 6.39. The molecule has 2 rings (SSSR count). The number of rotatable bonds is 2. The Morgan fingerprint density at radius 3 is 2.81 bits per heavy atom. The van der Waals surface area contributed by atoms with Crippen molar-refractivity contribution in [3.8, 4) is 0 Å². The van der Waals surface area contributed by atoms with Gasteiger partial charge in [0.2, 0.25) is 11.9 Å². The van der Waals surface area contributed by atoms with Crippen LogP contribution in [0.15, 0.2) is 12.3 Å². The Morgan fingerprint density at radius 1 is 1.48 bits per heavy atom. The van der Waals surface area contributed by atoms with Crippen molar-refractivity contribution >= 4 is 11.9 Å². The minimum atomic E-state index is -4.53. The van der Waals surface area contributed by atoms with Gasteiger partial charge in [-0.1, -0.05) is 0 Å². The predicted molar refractivity (Wildman–Crippen MR) is 69.7 cm³/mol. The number of anilines is 1. The normalized spacial score (nSPS) is 19.5. The summed E-state index contributed by atoms with van der Waals surface area (Å²) in [5, 5.41) is 3.05. The summed E-state index contributed by atoms with van der Waals surface area (Å²) in [7, 11) is 3.20. The summed E-state index contributed by atoms with van der Waals surface area (Å²) in [5.74, 6) is -0.283. The first kappa shape index (κ1) is 15.5. The van der Waals surface area contributed by atoms with Crippen molar-refractivity contribution in [2.24, 2.45) is 0 Å². The number of carbonyl (C=O) groups excluding carboxylic acids is 1. The summed E-state index contributed by atoms with van der Waals surface area (Å²) in [6.45, 7) is 1.26. The van der Waals surface area contributed by atoms with Crippen LogP contribution >= 0.6 is 0 Å². The maximum atomic E-state index is 12.7. The van der Waals surface area contributed by atoms with Gasteiger partial charge in [-0.15, -0.1) is 0 Å². The third-order valence-electron chi connectivity index (χ3n) is 3.16. The monoisotopic (exact) mass is 303 g/mol. The molecule has 1 fully saturated rings. The second-order valence-electron chi connectivity index (χ2n) is 4.89. The van der Waals surface area contributed by atoms with E-state index in [0.717, 1.165) is 12.3 Å². The Bertz CT molecular complexity index is 520. The standard InChI is InChI=1S/C12H16F3N5O/c1-19(2)10(21)8-7-16-5-6-20(8)11-17-4-3-9(18-11)12(13,14)15/h3-4,8,16H,5-7H2,1-2H3. The number of alkyl halides is 3. The Labute approximate surface area is 120 Å². The van der Waals surface area contributed by atoms with Gasteiger partial charge in [-0.25, -0.2) is 9.97 Å². The summed E-state index contributed by atoms with van der Waals surface area (Å²) in [6, 6.07) is 0.200. The first-order valence-electron chi connectivity index (χ1n) is 6.39. The van der Waals surface area contributed by atoms with Crippen LogP contribution in [0, 0.1) is 0 Å². The van der Waals surface area contributed by atoms with Gasteiger partial charge >= 0.3 is 6.18 Å². The van der Waals surface area contributed by atoms with E-state index in [1.54, 1.807) is 14.1 Å². The van der Waals surface area contributed by atoms with Crippen molar-refractivity contribution in [1.29, 1.82) is 0 Å². The highest BCUT2D eigenvalue weighted by Crippen LogP contribution is 2.28. The highest BCUT2D eigenvalue weighted by atomic mass is 19.4. The van der Waals surface area contributed by atoms with Crippen molar-refractivity contribution in [1.82, 2.24) is 20.2 Å². The van der Waals surface area contributed by atoms with Crippen molar-refractivity contribution in [3.63, 3.8) is 0 Å². The molecule has 1 aromatic heterocycles. The van der Waals surface area contributed by atoms with Crippen LogP contribution in [0.4, 0.5) is 19.1 Å². The highest BCUT2D eigenvalue weighted by Gasteiger charge is 2.35. The Hall–Kier alpha value is -1.90. The van der Waals surface area contributed by atoms with Crippen LogP contribution in [0.25, 0.3) is 0 Å². The number of hydrogen-bond acceptors (Lipinski definition) is 5. The van der Waals surface area contributed by atoms with Crippen LogP contribution < -0.4 is 10.2 Å². The molecule has 21 heavy (non-hydrogen) atoms. The van der Waals surface area contributed by atoms with Crippen LogP contribution in [-0.4, -0.2) is 60.5 Å². The maximum absolute atomic E-state index is 12.7. The van der Waals surface area contributed by atoms with E-state index >= 15 is 0 Å². The van der Waals surface area contributed by atoms with Crippen molar-refractivity contribution < 1.29 is 18.0 Å². The molecule has 1 aromatic rings. The first-order chi connectivity index (χ1) is 9.80. The number of amides is 1. The minimum absolute atomic E-state index is 0.0773. The van der Waals surface area contributed by atoms with Crippen LogP contribution in [0.2, 0.25) is 0 Å². The van der Waals surface area contributed by atoms with Gasteiger partial charge in [0.1, 0.15) is 11.7 Å². The average molecular weight is 303 g/mol.